The second-order valence-electron chi connectivity index (χ2n) is 5.07. The molecule has 2 rings (SSSR count). The summed E-state index contributed by atoms with van der Waals surface area (Å²) in [5, 5.41) is 0. The standard InChI is InChI=1S/C12H22O4/c1-11(13-3)7-5-9(15-11)10-6-8-12(2,14-4)16-10/h9-10H,5-8H2,1-4H3/t9-,10+,11-,12-/m1/s1. The van der Waals surface area contributed by atoms with Gasteiger partial charge in [0.15, 0.2) is 11.6 Å². The highest BCUT2D eigenvalue weighted by molar-refractivity contribution is 4.88. The maximum absolute atomic E-state index is 5.92. The minimum atomic E-state index is -0.430. The summed E-state index contributed by atoms with van der Waals surface area (Å²) >= 11 is 0. The Labute approximate surface area is 97.2 Å². The van der Waals surface area contributed by atoms with Crippen LogP contribution in [0.1, 0.15) is 39.5 Å². The van der Waals surface area contributed by atoms with Crippen LogP contribution >= 0.6 is 0 Å². The molecule has 2 heterocycles. The first kappa shape index (κ1) is 12.3. The Morgan fingerprint density at radius 3 is 1.50 bits per heavy atom. The van der Waals surface area contributed by atoms with Crippen LogP contribution in [0.25, 0.3) is 0 Å². The molecule has 0 unspecified atom stereocenters. The Bertz CT molecular complexity index is 231. The number of hydrogen-bond acceptors (Lipinski definition) is 4. The van der Waals surface area contributed by atoms with Crippen molar-refractivity contribution in [2.75, 3.05) is 14.2 Å². The summed E-state index contributed by atoms with van der Waals surface area (Å²) < 4.78 is 22.5. The monoisotopic (exact) mass is 230 g/mol. The van der Waals surface area contributed by atoms with E-state index in [0.717, 1.165) is 25.7 Å². The van der Waals surface area contributed by atoms with Gasteiger partial charge >= 0.3 is 0 Å². The quantitative estimate of drug-likeness (QED) is 0.743. The first-order valence-electron chi connectivity index (χ1n) is 5.96. The van der Waals surface area contributed by atoms with Crippen LogP contribution < -0.4 is 0 Å². The van der Waals surface area contributed by atoms with Crippen molar-refractivity contribution in [1.29, 1.82) is 0 Å². The van der Waals surface area contributed by atoms with Crippen molar-refractivity contribution in [1.82, 2.24) is 0 Å². The molecular weight excluding hydrogens is 208 g/mol. The lowest BCUT2D eigenvalue weighted by atomic mass is 10.1. The molecule has 0 amide bonds. The SMILES string of the molecule is CO[C@@]1(C)CC[C@@H]([C@H]2CC[C@](C)(OC)O2)O1. The number of ether oxygens (including phenoxy) is 4. The van der Waals surface area contributed by atoms with Crippen molar-refractivity contribution in [3.05, 3.63) is 0 Å². The number of rotatable bonds is 3. The molecule has 0 spiro atoms. The van der Waals surface area contributed by atoms with E-state index in [9.17, 15) is 0 Å². The maximum atomic E-state index is 5.92. The summed E-state index contributed by atoms with van der Waals surface area (Å²) in [7, 11) is 3.38. The van der Waals surface area contributed by atoms with Gasteiger partial charge in [-0.1, -0.05) is 0 Å². The Hall–Kier alpha value is -0.160. The zero-order valence-corrected chi connectivity index (χ0v) is 10.6. The summed E-state index contributed by atoms with van der Waals surface area (Å²) in [5.41, 5.74) is 0. The predicted octanol–water partition coefficient (Wildman–Crippen LogP) is 2.07. The van der Waals surface area contributed by atoms with E-state index in [-0.39, 0.29) is 12.2 Å². The third-order valence-electron chi connectivity index (χ3n) is 3.85. The summed E-state index contributed by atoms with van der Waals surface area (Å²) in [5.74, 6) is -0.861. The normalized spacial score (nSPS) is 48.8. The minimum Gasteiger partial charge on any atom is -0.353 e. The summed E-state index contributed by atoms with van der Waals surface area (Å²) in [6, 6.07) is 0. The van der Waals surface area contributed by atoms with E-state index >= 15 is 0 Å². The van der Waals surface area contributed by atoms with Gasteiger partial charge in [0, 0.05) is 27.1 Å². The Balaban J connectivity index is 1.92. The van der Waals surface area contributed by atoms with Gasteiger partial charge in [0.05, 0.1) is 12.2 Å². The van der Waals surface area contributed by atoms with Gasteiger partial charge in [0.25, 0.3) is 0 Å². The number of methoxy groups -OCH3 is 2. The fraction of sp³-hybridized carbons (Fsp3) is 1.00. The van der Waals surface area contributed by atoms with Crippen LogP contribution in [-0.2, 0) is 18.9 Å². The van der Waals surface area contributed by atoms with E-state index in [1.807, 2.05) is 13.8 Å². The van der Waals surface area contributed by atoms with Gasteiger partial charge in [-0.05, 0) is 26.7 Å². The molecule has 2 aliphatic heterocycles. The van der Waals surface area contributed by atoms with Crippen molar-refractivity contribution in [2.45, 2.75) is 63.3 Å². The molecular formula is C12H22O4. The van der Waals surface area contributed by atoms with E-state index in [1.54, 1.807) is 14.2 Å². The fourth-order valence-corrected chi connectivity index (χ4v) is 2.51. The smallest absolute Gasteiger partial charge is 0.165 e. The average Bonchev–Trinajstić information content (AvgIpc) is 2.84. The van der Waals surface area contributed by atoms with Crippen LogP contribution in [0, 0.1) is 0 Å². The first-order valence-corrected chi connectivity index (χ1v) is 5.96. The first-order chi connectivity index (χ1) is 7.50. The average molecular weight is 230 g/mol. The van der Waals surface area contributed by atoms with Crippen LogP contribution in [0.2, 0.25) is 0 Å². The molecule has 0 aliphatic carbocycles. The molecule has 0 saturated carbocycles. The Morgan fingerprint density at radius 1 is 0.875 bits per heavy atom. The molecule has 0 bridgehead atoms. The lowest BCUT2D eigenvalue weighted by Crippen LogP contribution is -2.35. The molecule has 0 N–H and O–H groups in total. The third kappa shape index (κ3) is 2.25. The predicted molar refractivity (Wildman–Crippen MR) is 59.0 cm³/mol. The van der Waals surface area contributed by atoms with Crippen LogP contribution in [0.15, 0.2) is 0 Å². The van der Waals surface area contributed by atoms with Crippen molar-refractivity contribution < 1.29 is 18.9 Å². The lowest BCUT2D eigenvalue weighted by Gasteiger charge is -2.27. The van der Waals surface area contributed by atoms with Gasteiger partial charge in [0.1, 0.15) is 0 Å². The fourth-order valence-electron chi connectivity index (χ4n) is 2.51. The highest BCUT2D eigenvalue weighted by Gasteiger charge is 2.46. The third-order valence-corrected chi connectivity index (χ3v) is 3.85. The molecule has 16 heavy (non-hydrogen) atoms. The van der Waals surface area contributed by atoms with Crippen LogP contribution in [0.5, 0.6) is 0 Å². The van der Waals surface area contributed by atoms with E-state index < -0.39 is 11.6 Å². The van der Waals surface area contributed by atoms with Crippen molar-refractivity contribution in [2.24, 2.45) is 0 Å². The summed E-state index contributed by atoms with van der Waals surface area (Å²) in [6.45, 7) is 3.97. The Morgan fingerprint density at radius 2 is 1.25 bits per heavy atom. The highest BCUT2D eigenvalue weighted by atomic mass is 16.7. The van der Waals surface area contributed by atoms with E-state index in [2.05, 4.69) is 0 Å². The maximum Gasteiger partial charge on any atom is 0.165 e. The molecule has 0 aromatic heterocycles. The Kier molecular flexibility index (Phi) is 3.27. The van der Waals surface area contributed by atoms with Gasteiger partial charge in [-0.15, -0.1) is 0 Å². The summed E-state index contributed by atoms with van der Waals surface area (Å²) in [4.78, 5) is 0. The van der Waals surface area contributed by atoms with Gasteiger partial charge < -0.3 is 18.9 Å². The number of hydrogen-bond donors (Lipinski definition) is 0. The summed E-state index contributed by atoms with van der Waals surface area (Å²) in [6.07, 6.45) is 4.13. The second kappa shape index (κ2) is 4.26. The molecule has 4 nitrogen and oxygen atoms in total. The zero-order valence-electron chi connectivity index (χ0n) is 10.6. The largest absolute Gasteiger partial charge is 0.353 e. The minimum absolute atomic E-state index is 0.141. The van der Waals surface area contributed by atoms with Gasteiger partial charge in [-0.3, -0.25) is 0 Å². The molecule has 4 atom stereocenters. The molecule has 2 fully saturated rings. The van der Waals surface area contributed by atoms with Gasteiger partial charge in [0.2, 0.25) is 0 Å². The molecule has 0 aromatic rings. The van der Waals surface area contributed by atoms with Crippen LogP contribution in [0.3, 0.4) is 0 Å². The van der Waals surface area contributed by atoms with Crippen molar-refractivity contribution in [3.63, 3.8) is 0 Å². The molecule has 0 aromatic carbocycles. The topological polar surface area (TPSA) is 36.9 Å². The lowest BCUT2D eigenvalue weighted by molar-refractivity contribution is -0.246. The zero-order chi connectivity index (χ0) is 11.8. The molecule has 0 radical (unpaired) electrons. The van der Waals surface area contributed by atoms with Gasteiger partial charge in [-0.2, -0.15) is 0 Å². The van der Waals surface area contributed by atoms with Crippen molar-refractivity contribution >= 4 is 0 Å². The van der Waals surface area contributed by atoms with Gasteiger partial charge in [-0.25, -0.2) is 0 Å². The van der Waals surface area contributed by atoms with E-state index in [4.69, 9.17) is 18.9 Å². The van der Waals surface area contributed by atoms with E-state index in [1.165, 1.54) is 0 Å². The van der Waals surface area contributed by atoms with E-state index in [0.29, 0.717) is 0 Å². The molecule has 2 saturated heterocycles. The molecule has 2 aliphatic rings. The molecule has 4 heteroatoms. The van der Waals surface area contributed by atoms with Crippen LogP contribution in [0.4, 0.5) is 0 Å². The second-order valence-corrected chi connectivity index (χ2v) is 5.07. The van der Waals surface area contributed by atoms with Crippen LogP contribution in [-0.4, -0.2) is 38.0 Å². The molecule has 94 valence electrons. The highest BCUT2D eigenvalue weighted by Crippen LogP contribution is 2.39. The van der Waals surface area contributed by atoms with Crippen molar-refractivity contribution in [3.8, 4) is 0 Å².